The van der Waals surface area contributed by atoms with E-state index in [0.29, 0.717) is 19.4 Å². The average Bonchev–Trinajstić information content (AvgIpc) is 3.35. The Kier molecular flexibility index (Phi) is 5.95. The van der Waals surface area contributed by atoms with Crippen molar-refractivity contribution < 1.29 is 23.8 Å². The molecule has 6 nitrogen and oxygen atoms in total. The number of carbonyl (C=O) groups excluding carboxylic acids is 2. The molecule has 0 spiro atoms. The average molecular weight is 405 g/mol. The van der Waals surface area contributed by atoms with Crippen LogP contribution in [0.3, 0.4) is 0 Å². The molecule has 0 amide bonds. The van der Waals surface area contributed by atoms with Crippen LogP contribution < -0.4 is 5.32 Å². The number of benzene rings is 2. The third-order valence-corrected chi connectivity index (χ3v) is 5.56. The van der Waals surface area contributed by atoms with Crippen molar-refractivity contribution in [1.82, 2.24) is 0 Å². The number of ether oxygens (including phenoxy) is 3. The zero-order valence-electron chi connectivity index (χ0n) is 16.4. The molecular formula is C24H23NO5. The molecule has 6 heteroatoms. The first kappa shape index (κ1) is 19.9. The van der Waals surface area contributed by atoms with Gasteiger partial charge in [-0.3, -0.25) is 9.59 Å². The maximum Gasteiger partial charge on any atom is 0.293 e. The van der Waals surface area contributed by atoms with E-state index >= 15 is 0 Å². The predicted octanol–water partition coefficient (Wildman–Crippen LogP) is 3.06. The summed E-state index contributed by atoms with van der Waals surface area (Å²) in [5, 5.41) is 3.61. The summed E-state index contributed by atoms with van der Waals surface area (Å²) in [6.07, 6.45) is 4.36. The second kappa shape index (κ2) is 8.97. The van der Waals surface area contributed by atoms with Gasteiger partial charge in [-0.2, -0.15) is 0 Å². The largest absolute Gasteiger partial charge is 0.463 e. The number of anilines is 1. The summed E-state index contributed by atoms with van der Waals surface area (Å²) in [5.41, 5.74) is 2.92. The number of fused-ring (bicyclic) bond motifs is 2. The van der Waals surface area contributed by atoms with Crippen LogP contribution in [0.2, 0.25) is 0 Å². The molecule has 0 fully saturated rings. The molecule has 154 valence electrons. The molecule has 2 aliphatic rings. The maximum atomic E-state index is 10.9. The second-order valence-electron chi connectivity index (χ2n) is 7.26. The van der Waals surface area contributed by atoms with Gasteiger partial charge in [-0.1, -0.05) is 54.6 Å². The van der Waals surface area contributed by atoms with Gasteiger partial charge in [-0.25, -0.2) is 0 Å². The molecule has 0 radical (unpaired) electrons. The zero-order valence-corrected chi connectivity index (χ0v) is 16.4. The van der Waals surface area contributed by atoms with Crippen molar-refractivity contribution in [2.45, 2.75) is 24.2 Å². The third-order valence-electron chi connectivity index (χ3n) is 5.56. The first-order valence-corrected chi connectivity index (χ1v) is 9.82. The summed E-state index contributed by atoms with van der Waals surface area (Å²) in [6, 6.07) is 19.9. The second-order valence-corrected chi connectivity index (χ2v) is 7.26. The van der Waals surface area contributed by atoms with E-state index in [-0.39, 0.29) is 25.4 Å². The fraction of sp³-hybridized carbons (Fsp3) is 0.250. The Bertz CT molecular complexity index is 899. The Balaban J connectivity index is 1.72. The lowest BCUT2D eigenvalue weighted by Gasteiger charge is -2.37. The quantitative estimate of drug-likeness (QED) is 0.458. The van der Waals surface area contributed by atoms with Gasteiger partial charge < -0.3 is 19.5 Å². The fourth-order valence-corrected chi connectivity index (χ4v) is 4.22. The predicted molar refractivity (Wildman–Crippen MR) is 112 cm³/mol. The lowest BCUT2D eigenvalue weighted by Crippen LogP contribution is -2.48. The fourth-order valence-electron chi connectivity index (χ4n) is 4.22. The highest BCUT2D eigenvalue weighted by atomic mass is 16.5. The summed E-state index contributed by atoms with van der Waals surface area (Å²) in [4.78, 5) is 21.7. The summed E-state index contributed by atoms with van der Waals surface area (Å²) in [7, 11) is 0. The lowest BCUT2D eigenvalue weighted by atomic mass is 9.79. The van der Waals surface area contributed by atoms with Crippen molar-refractivity contribution in [3.8, 4) is 0 Å². The first-order valence-electron chi connectivity index (χ1n) is 9.82. The number of nitrogens with one attached hydrogen (secondary N) is 1. The summed E-state index contributed by atoms with van der Waals surface area (Å²) in [5.74, 6) is 0. The van der Waals surface area contributed by atoms with Crippen LogP contribution in [0.4, 0.5) is 5.69 Å². The molecule has 0 saturated heterocycles. The van der Waals surface area contributed by atoms with Crippen molar-refractivity contribution in [2.24, 2.45) is 0 Å². The molecule has 0 aliphatic carbocycles. The van der Waals surface area contributed by atoms with E-state index in [1.54, 1.807) is 0 Å². The van der Waals surface area contributed by atoms with Gasteiger partial charge in [-0.15, -0.1) is 0 Å². The Hall–Kier alpha value is -3.38. The van der Waals surface area contributed by atoms with Gasteiger partial charge in [0.25, 0.3) is 12.9 Å². The molecule has 3 unspecified atom stereocenters. The van der Waals surface area contributed by atoms with Gasteiger partial charge in [0.1, 0.15) is 24.9 Å². The van der Waals surface area contributed by atoms with Gasteiger partial charge in [0.2, 0.25) is 0 Å². The van der Waals surface area contributed by atoms with Crippen molar-refractivity contribution >= 4 is 18.6 Å². The van der Waals surface area contributed by atoms with Crippen LogP contribution in [0.5, 0.6) is 0 Å². The number of hydrogen-bond acceptors (Lipinski definition) is 6. The van der Waals surface area contributed by atoms with Crippen LogP contribution in [0, 0.1) is 0 Å². The third kappa shape index (κ3) is 3.86. The standard InChI is InChI=1S/C24H23NO5/c26-16-28-14-20-21(15-29-17-27)24(12-11-22(20)30-24)23(13-18-7-3-1-4-8-18)25-19-9-5-2-6-10-19/h1-12,16-17,22-23,25H,13-15H2. The van der Waals surface area contributed by atoms with Crippen LogP contribution >= 0.6 is 0 Å². The SMILES string of the molecule is O=COCC1=C(COC=O)C2(C(Cc3ccccc3)Nc3ccccc3)C=CC1O2. The molecule has 2 aromatic rings. The molecule has 0 aromatic heterocycles. The minimum Gasteiger partial charge on any atom is -0.463 e. The van der Waals surface area contributed by atoms with E-state index in [1.165, 1.54) is 0 Å². The highest BCUT2D eigenvalue weighted by Gasteiger charge is 2.53. The van der Waals surface area contributed by atoms with E-state index in [0.717, 1.165) is 22.4 Å². The molecule has 2 heterocycles. The summed E-state index contributed by atoms with van der Waals surface area (Å²) >= 11 is 0. The minimum absolute atomic E-state index is 0.0731. The topological polar surface area (TPSA) is 73.9 Å². The molecule has 2 aliphatic heterocycles. The van der Waals surface area contributed by atoms with Gasteiger partial charge in [0.15, 0.2) is 0 Å². The number of para-hydroxylation sites is 1. The van der Waals surface area contributed by atoms with E-state index in [9.17, 15) is 9.59 Å². The molecule has 30 heavy (non-hydrogen) atoms. The van der Waals surface area contributed by atoms with Crippen LogP contribution in [0.15, 0.2) is 84.0 Å². The highest BCUT2D eigenvalue weighted by Crippen LogP contribution is 2.46. The number of hydrogen-bond donors (Lipinski definition) is 1. The molecule has 2 bridgehead atoms. The first-order chi connectivity index (χ1) is 14.8. The monoisotopic (exact) mass is 405 g/mol. The maximum absolute atomic E-state index is 10.9. The van der Waals surface area contributed by atoms with Gasteiger partial charge in [0.05, 0.1) is 6.04 Å². The number of carbonyl (C=O) groups is 2. The summed E-state index contributed by atoms with van der Waals surface area (Å²) < 4.78 is 16.6. The van der Waals surface area contributed by atoms with E-state index < -0.39 is 5.60 Å². The molecule has 3 atom stereocenters. The molecule has 0 saturated carbocycles. The van der Waals surface area contributed by atoms with E-state index in [2.05, 4.69) is 17.4 Å². The highest BCUT2D eigenvalue weighted by molar-refractivity contribution is 5.54. The summed E-state index contributed by atoms with van der Waals surface area (Å²) in [6.45, 7) is 1.01. The van der Waals surface area contributed by atoms with Crippen LogP contribution in [0.25, 0.3) is 0 Å². The number of rotatable bonds is 11. The van der Waals surface area contributed by atoms with Crippen LogP contribution in [-0.4, -0.2) is 43.9 Å². The molecule has 1 N–H and O–H groups in total. The van der Waals surface area contributed by atoms with Gasteiger partial charge in [0, 0.05) is 16.8 Å². The van der Waals surface area contributed by atoms with Crippen molar-refractivity contribution in [1.29, 1.82) is 0 Å². The van der Waals surface area contributed by atoms with Crippen LogP contribution in [-0.2, 0) is 30.2 Å². The molecule has 4 rings (SSSR count). The van der Waals surface area contributed by atoms with Gasteiger partial charge in [-0.05, 0) is 30.2 Å². The Morgan fingerprint density at radius 3 is 2.33 bits per heavy atom. The van der Waals surface area contributed by atoms with Crippen molar-refractivity contribution in [2.75, 3.05) is 18.5 Å². The van der Waals surface area contributed by atoms with Crippen molar-refractivity contribution in [3.63, 3.8) is 0 Å². The van der Waals surface area contributed by atoms with Crippen LogP contribution in [0.1, 0.15) is 5.56 Å². The normalized spacial score (nSPS) is 22.6. The molecule has 2 aromatic carbocycles. The van der Waals surface area contributed by atoms with E-state index in [1.807, 2.05) is 60.7 Å². The Morgan fingerprint density at radius 1 is 0.967 bits per heavy atom. The van der Waals surface area contributed by atoms with E-state index in [4.69, 9.17) is 14.2 Å². The molecular weight excluding hydrogens is 382 g/mol. The zero-order chi connectivity index (χ0) is 20.8. The Labute approximate surface area is 175 Å². The van der Waals surface area contributed by atoms with Crippen molar-refractivity contribution in [3.05, 3.63) is 89.5 Å². The Morgan fingerprint density at radius 2 is 1.63 bits per heavy atom. The lowest BCUT2D eigenvalue weighted by molar-refractivity contribution is -0.129. The van der Waals surface area contributed by atoms with Gasteiger partial charge >= 0.3 is 0 Å². The smallest absolute Gasteiger partial charge is 0.293 e. The minimum atomic E-state index is -0.819.